The van der Waals surface area contributed by atoms with Crippen molar-refractivity contribution in [3.05, 3.63) is 24.3 Å². The summed E-state index contributed by atoms with van der Waals surface area (Å²) in [5.41, 5.74) is 0.697. The van der Waals surface area contributed by atoms with Crippen LogP contribution in [0.2, 0.25) is 0 Å². The van der Waals surface area contributed by atoms with E-state index < -0.39 is 0 Å². The van der Waals surface area contributed by atoms with Gasteiger partial charge in [-0.3, -0.25) is 9.88 Å². The molecule has 1 aromatic rings. The van der Waals surface area contributed by atoms with Crippen molar-refractivity contribution in [3.63, 3.8) is 0 Å². The number of rotatable bonds is 4. The van der Waals surface area contributed by atoms with Crippen LogP contribution in [-0.2, 0) is 4.74 Å². The highest BCUT2D eigenvalue weighted by atomic mass is 19.1. The maximum absolute atomic E-state index is 13.8. The Balaban J connectivity index is 1.74. The molecule has 2 fully saturated rings. The summed E-state index contributed by atoms with van der Waals surface area (Å²) in [7, 11) is 0. The molecule has 1 saturated heterocycles. The third-order valence-corrected chi connectivity index (χ3v) is 5.10. The SMILES string of the molecule is Fc1cnccc1NCC1(N2CCOCC2)CCCCCC1. The van der Waals surface area contributed by atoms with E-state index in [1.807, 2.05) is 0 Å². The Labute approximate surface area is 132 Å². The van der Waals surface area contributed by atoms with Crippen LogP contribution >= 0.6 is 0 Å². The van der Waals surface area contributed by atoms with Gasteiger partial charge < -0.3 is 10.1 Å². The molecule has 0 radical (unpaired) electrons. The Morgan fingerprint density at radius 1 is 1.18 bits per heavy atom. The first-order valence-electron chi connectivity index (χ1n) is 8.46. The van der Waals surface area contributed by atoms with Crippen LogP contribution in [0.3, 0.4) is 0 Å². The number of morpholine rings is 1. The molecule has 0 aromatic carbocycles. The van der Waals surface area contributed by atoms with E-state index in [1.54, 1.807) is 12.3 Å². The molecule has 0 spiro atoms. The lowest BCUT2D eigenvalue weighted by Crippen LogP contribution is -2.56. The van der Waals surface area contributed by atoms with Crippen molar-refractivity contribution in [1.82, 2.24) is 9.88 Å². The van der Waals surface area contributed by atoms with Crippen molar-refractivity contribution < 1.29 is 9.13 Å². The van der Waals surface area contributed by atoms with Crippen LogP contribution in [0.1, 0.15) is 38.5 Å². The normalized spacial score (nSPS) is 23.0. The molecule has 1 aliphatic carbocycles. The lowest BCUT2D eigenvalue weighted by molar-refractivity contribution is -0.0240. The molecule has 0 bridgehead atoms. The summed E-state index contributed by atoms with van der Waals surface area (Å²) in [5, 5.41) is 3.35. The quantitative estimate of drug-likeness (QED) is 0.868. The third kappa shape index (κ3) is 3.58. The number of ether oxygens (including phenoxy) is 1. The van der Waals surface area contributed by atoms with Gasteiger partial charge in [0.15, 0.2) is 5.82 Å². The highest BCUT2D eigenvalue weighted by molar-refractivity contribution is 5.43. The van der Waals surface area contributed by atoms with E-state index in [0.29, 0.717) is 5.69 Å². The van der Waals surface area contributed by atoms with Gasteiger partial charge in [-0.25, -0.2) is 4.39 Å². The van der Waals surface area contributed by atoms with E-state index in [2.05, 4.69) is 15.2 Å². The minimum Gasteiger partial charge on any atom is -0.381 e. The molecular weight excluding hydrogens is 281 g/mol. The lowest BCUT2D eigenvalue weighted by atomic mass is 9.87. The number of hydrogen-bond acceptors (Lipinski definition) is 4. The Kier molecular flexibility index (Phi) is 5.26. The van der Waals surface area contributed by atoms with Gasteiger partial charge in [0.25, 0.3) is 0 Å². The highest BCUT2D eigenvalue weighted by Crippen LogP contribution is 2.33. The molecule has 122 valence electrons. The number of nitrogens with zero attached hydrogens (tertiary/aromatic N) is 2. The van der Waals surface area contributed by atoms with Gasteiger partial charge in [0.1, 0.15) is 0 Å². The third-order valence-electron chi connectivity index (χ3n) is 5.10. The maximum Gasteiger partial charge on any atom is 0.164 e. The molecule has 2 heterocycles. The van der Waals surface area contributed by atoms with Crippen LogP contribution in [0, 0.1) is 5.82 Å². The standard InChI is InChI=1S/C17H26FN3O/c18-15-13-19-8-5-16(15)20-14-17(6-3-1-2-4-7-17)21-9-11-22-12-10-21/h5,8,13H,1-4,6-7,9-12,14H2,(H,19,20). The van der Waals surface area contributed by atoms with Crippen molar-refractivity contribution >= 4 is 5.69 Å². The second kappa shape index (κ2) is 7.38. The molecule has 3 rings (SSSR count). The zero-order chi connectivity index (χ0) is 15.3. The minimum absolute atomic E-state index is 0.135. The van der Waals surface area contributed by atoms with Gasteiger partial charge in [-0.2, -0.15) is 0 Å². The molecule has 1 aliphatic heterocycles. The number of hydrogen-bond donors (Lipinski definition) is 1. The predicted octanol–water partition coefficient (Wildman–Crippen LogP) is 3.06. The van der Waals surface area contributed by atoms with Crippen LogP contribution in [0.25, 0.3) is 0 Å². The van der Waals surface area contributed by atoms with E-state index in [-0.39, 0.29) is 11.4 Å². The molecule has 5 heteroatoms. The first-order valence-corrected chi connectivity index (χ1v) is 8.46. The van der Waals surface area contributed by atoms with E-state index in [9.17, 15) is 4.39 Å². The fourth-order valence-corrected chi connectivity index (χ4v) is 3.81. The summed E-state index contributed by atoms with van der Waals surface area (Å²) >= 11 is 0. The fraction of sp³-hybridized carbons (Fsp3) is 0.706. The second-order valence-electron chi connectivity index (χ2n) is 6.45. The van der Waals surface area contributed by atoms with E-state index >= 15 is 0 Å². The molecule has 1 aromatic heterocycles. The average molecular weight is 307 g/mol. The highest BCUT2D eigenvalue weighted by Gasteiger charge is 2.37. The Morgan fingerprint density at radius 2 is 1.91 bits per heavy atom. The van der Waals surface area contributed by atoms with Gasteiger partial charge in [-0.05, 0) is 18.9 Å². The number of aromatic nitrogens is 1. The second-order valence-corrected chi connectivity index (χ2v) is 6.45. The fourth-order valence-electron chi connectivity index (χ4n) is 3.81. The summed E-state index contributed by atoms with van der Waals surface area (Å²) in [6.07, 6.45) is 10.4. The van der Waals surface area contributed by atoms with Gasteiger partial charge in [0.05, 0.1) is 25.1 Å². The Bertz CT molecular complexity index is 469. The molecule has 0 amide bonds. The summed E-state index contributed by atoms with van der Waals surface area (Å²) in [5.74, 6) is -0.270. The summed E-state index contributed by atoms with van der Waals surface area (Å²) in [6.45, 7) is 4.39. The molecule has 2 aliphatic rings. The zero-order valence-corrected chi connectivity index (χ0v) is 13.2. The number of pyridine rings is 1. The van der Waals surface area contributed by atoms with Crippen molar-refractivity contribution in [2.24, 2.45) is 0 Å². The van der Waals surface area contributed by atoms with Crippen LogP contribution in [0.4, 0.5) is 10.1 Å². The monoisotopic (exact) mass is 307 g/mol. The average Bonchev–Trinajstić information content (AvgIpc) is 2.82. The van der Waals surface area contributed by atoms with E-state index in [4.69, 9.17) is 4.74 Å². The predicted molar refractivity (Wildman–Crippen MR) is 85.5 cm³/mol. The van der Waals surface area contributed by atoms with Crippen LogP contribution < -0.4 is 5.32 Å². The van der Waals surface area contributed by atoms with Crippen molar-refractivity contribution in [3.8, 4) is 0 Å². The summed E-state index contributed by atoms with van der Waals surface area (Å²) in [6, 6.07) is 1.72. The molecule has 0 atom stereocenters. The van der Waals surface area contributed by atoms with Crippen molar-refractivity contribution in [1.29, 1.82) is 0 Å². The Hall–Kier alpha value is -1.20. The van der Waals surface area contributed by atoms with Crippen LogP contribution in [0.15, 0.2) is 18.5 Å². The molecule has 1 N–H and O–H groups in total. The van der Waals surface area contributed by atoms with Gasteiger partial charge in [-0.1, -0.05) is 25.7 Å². The Morgan fingerprint density at radius 3 is 2.59 bits per heavy atom. The van der Waals surface area contributed by atoms with Gasteiger partial charge in [-0.15, -0.1) is 0 Å². The molecular formula is C17H26FN3O. The smallest absolute Gasteiger partial charge is 0.164 e. The first-order chi connectivity index (χ1) is 10.8. The number of halogens is 1. The van der Waals surface area contributed by atoms with Gasteiger partial charge in [0.2, 0.25) is 0 Å². The number of anilines is 1. The minimum atomic E-state index is -0.270. The maximum atomic E-state index is 13.8. The first kappa shape index (κ1) is 15.7. The van der Waals surface area contributed by atoms with Gasteiger partial charge in [0, 0.05) is 31.4 Å². The topological polar surface area (TPSA) is 37.4 Å². The van der Waals surface area contributed by atoms with Crippen LogP contribution in [0.5, 0.6) is 0 Å². The largest absolute Gasteiger partial charge is 0.381 e. The molecule has 22 heavy (non-hydrogen) atoms. The summed E-state index contributed by atoms with van der Waals surface area (Å²) in [4.78, 5) is 6.40. The van der Waals surface area contributed by atoms with Crippen LogP contribution in [-0.4, -0.2) is 48.3 Å². The van der Waals surface area contributed by atoms with Crippen molar-refractivity contribution in [2.45, 2.75) is 44.1 Å². The zero-order valence-electron chi connectivity index (χ0n) is 13.2. The molecule has 1 saturated carbocycles. The van der Waals surface area contributed by atoms with E-state index in [0.717, 1.165) is 32.8 Å². The van der Waals surface area contributed by atoms with E-state index in [1.165, 1.54) is 44.7 Å². The van der Waals surface area contributed by atoms with Crippen molar-refractivity contribution in [2.75, 3.05) is 38.2 Å². The lowest BCUT2D eigenvalue weighted by Gasteiger charge is -2.46. The molecule has 0 unspecified atom stereocenters. The molecule has 4 nitrogen and oxygen atoms in total. The summed E-state index contributed by atoms with van der Waals surface area (Å²) < 4.78 is 19.4. The van der Waals surface area contributed by atoms with Gasteiger partial charge >= 0.3 is 0 Å². The number of nitrogens with one attached hydrogen (secondary N) is 1.